The average Bonchev–Trinajstić information content (AvgIpc) is 2.93. The zero-order chi connectivity index (χ0) is 17.9. The van der Waals surface area contributed by atoms with Crippen molar-refractivity contribution in [3.63, 3.8) is 0 Å². The van der Waals surface area contributed by atoms with E-state index >= 15 is 0 Å². The molecule has 7 heteroatoms. The molecule has 132 valence electrons. The number of halogens is 3. The number of carbonyl (C=O) groups is 1. The highest BCUT2D eigenvalue weighted by molar-refractivity contribution is 5.79. The first-order valence-electron chi connectivity index (χ1n) is 7.98. The molecule has 1 fully saturated rings. The predicted molar refractivity (Wildman–Crippen MR) is 86.3 cm³/mol. The van der Waals surface area contributed by atoms with Gasteiger partial charge in [-0.25, -0.2) is 0 Å². The monoisotopic (exact) mass is 349 g/mol. The summed E-state index contributed by atoms with van der Waals surface area (Å²) in [6, 6.07) is 9.07. The van der Waals surface area contributed by atoms with Crippen LogP contribution in [0.15, 0.2) is 48.8 Å². The topological polar surface area (TPSA) is 45.2 Å². The van der Waals surface area contributed by atoms with Crippen LogP contribution < -0.4 is 5.32 Å². The standard InChI is InChI=1S/C18H18F3N3O/c19-18(20,21)16-6-2-1-5-14(16)11-24-12-15(8-17(24)25)23-10-13-4-3-7-22-9-13/h1-7,9,15,23H,8,10-12H2. The Morgan fingerprint density at radius 2 is 2.00 bits per heavy atom. The molecule has 0 saturated carbocycles. The molecule has 4 nitrogen and oxygen atoms in total. The minimum Gasteiger partial charge on any atom is -0.337 e. The van der Waals surface area contributed by atoms with E-state index in [-0.39, 0.29) is 30.5 Å². The van der Waals surface area contributed by atoms with E-state index in [1.54, 1.807) is 18.5 Å². The zero-order valence-corrected chi connectivity index (χ0v) is 13.5. The number of amides is 1. The number of carbonyl (C=O) groups excluding carboxylic acids is 1. The van der Waals surface area contributed by atoms with Crippen molar-refractivity contribution in [3.8, 4) is 0 Å². The number of nitrogens with one attached hydrogen (secondary N) is 1. The Balaban J connectivity index is 1.62. The largest absolute Gasteiger partial charge is 0.416 e. The summed E-state index contributed by atoms with van der Waals surface area (Å²) >= 11 is 0. The summed E-state index contributed by atoms with van der Waals surface area (Å²) in [5.74, 6) is -0.138. The molecule has 1 saturated heterocycles. The Kier molecular flexibility index (Phi) is 5.03. The van der Waals surface area contributed by atoms with Crippen LogP contribution in [0, 0.1) is 0 Å². The molecule has 1 N–H and O–H groups in total. The van der Waals surface area contributed by atoms with E-state index in [0.29, 0.717) is 13.1 Å². The maximum absolute atomic E-state index is 13.1. The first-order chi connectivity index (χ1) is 11.9. The van der Waals surface area contributed by atoms with Crippen LogP contribution in [-0.2, 0) is 24.1 Å². The van der Waals surface area contributed by atoms with Gasteiger partial charge in [-0.15, -0.1) is 0 Å². The fraction of sp³-hybridized carbons (Fsp3) is 0.333. The molecule has 3 rings (SSSR count). The Morgan fingerprint density at radius 3 is 2.72 bits per heavy atom. The van der Waals surface area contributed by atoms with Gasteiger partial charge >= 0.3 is 6.18 Å². The number of rotatable bonds is 5. The second-order valence-corrected chi connectivity index (χ2v) is 6.07. The van der Waals surface area contributed by atoms with Gasteiger partial charge in [0.25, 0.3) is 0 Å². The fourth-order valence-electron chi connectivity index (χ4n) is 2.97. The molecule has 1 amide bonds. The molecule has 2 heterocycles. The van der Waals surface area contributed by atoms with Gasteiger partial charge in [-0.3, -0.25) is 9.78 Å². The number of alkyl halides is 3. The van der Waals surface area contributed by atoms with Gasteiger partial charge in [0.1, 0.15) is 0 Å². The average molecular weight is 349 g/mol. The number of nitrogens with zero attached hydrogens (tertiary/aromatic N) is 2. The van der Waals surface area contributed by atoms with Gasteiger partial charge in [0.2, 0.25) is 5.91 Å². The smallest absolute Gasteiger partial charge is 0.337 e. The highest BCUT2D eigenvalue weighted by Crippen LogP contribution is 2.32. The van der Waals surface area contributed by atoms with E-state index in [2.05, 4.69) is 10.3 Å². The maximum atomic E-state index is 13.1. The third-order valence-corrected chi connectivity index (χ3v) is 4.22. The number of hydrogen-bond donors (Lipinski definition) is 1. The van der Waals surface area contributed by atoms with Crippen LogP contribution in [-0.4, -0.2) is 28.4 Å². The van der Waals surface area contributed by atoms with Gasteiger partial charge in [0.15, 0.2) is 0 Å². The summed E-state index contributed by atoms with van der Waals surface area (Å²) in [7, 11) is 0. The number of benzene rings is 1. The maximum Gasteiger partial charge on any atom is 0.416 e. The molecule has 1 unspecified atom stereocenters. The molecule has 25 heavy (non-hydrogen) atoms. The SMILES string of the molecule is O=C1CC(NCc2cccnc2)CN1Cc1ccccc1C(F)(F)F. The molecule has 1 aliphatic rings. The van der Waals surface area contributed by atoms with Crippen LogP contribution in [0.25, 0.3) is 0 Å². The lowest BCUT2D eigenvalue weighted by Crippen LogP contribution is -2.32. The first kappa shape index (κ1) is 17.4. The molecular weight excluding hydrogens is 331 g/mol. The summed E-state index contributed by atoms with van der Waals surface area (Å²) in [5, 5.41) is 3.26. The lowest BCUT2D eigenvalue weighted by molar-refractivity contribution is -0.139. The summed E-state index contributed by atoms with van der Waals surface area (Å²) in [6.07, 6.45) is -0.713. The Morgan fingerprint density at radius 1 is 1.20 bits per heavy atom. The van der Waals surface area contributed by atoms with Crippen LogP contribution in [0.3, 0.4) is 0 Å². The van der Waals surface area contributed by atoms with E-state index in [1.807, 2.05) is 12.1 Å². The van der Waals surface area contributed by atoms with E-state index in [1.165, 1.54) is 17.0 Å². The number of aromatic nitrogens is 1. The molecule has 1 aromatic carbocycles. The number of pyridine rings is 1. The zero-order valence-electron chi connectivity index (χ0n) is 13.5. The van der Waals surface area contributed by atoms with Crippen molar-refractivity contribution >= 4 is 5.91 Å². The van der Waals surface area contributed by atoms with Crippen molar-refractivity contribution in [1.29, 1.82) is 0 Å². The van der Waals surface area contributed by atoms with Gasteiger partial charge in [0.05, 0.1) is 5.56 Å². The summed E-state index contributed by atoms with van der Waals surface area (Å²) in [5.41, 5.74) is 0.432. The van der Waals surface area contributed by atoms with Gasteiger partial charge in [-0.05, 0) is 23.3 Å². The first-order valence-corrected chi connectivity index (χ1v) is 7.98. The van der Waals surface area contributed by atoms with E-state index < -0.39 is 11.7 Å². The molecule has 0 bridgehead atoms. The minimum absolute atomic E-state index is 0.0282. The Labute approximate surface area is 143 Å². The quantitative estimate of drug-likeness (QED) is 0.903. The fourth-order valence-corrected chi connectivity index (χ4v) is 2.97. The molecule has 2 aromatic rings. The van der Waals surface area contributed by atoms with Crippen molar-refractivity contribution in [3.05, 3.63) is 65.5 Å². The van der Waals surface area contributed by atoms with Gasteiger partial charge in [-0.2, -0.15) is 13.2 Å². The molecular formula is C18H18F3N3O. The van der Waals surface area contributed by atoms with E-state index in [9.17, 15) is 18.0 Å². The summed E-state index contributed by atoms with van der Waals surface area (Å²) in [6.45, 7) is 0.934. The summed E-state index contributed by atoms with van der Waals surface area (Å²) in [4.78, 5) is 17.7. The van der Waals surface area contributed by atoms with E-state index in [0.717, 1.165) is 11.6 Å². The predicted octanol–water partition coefficient (Wildman–Crippen LogP) is 2.99. The molecule has 1 aromatic heterocycles. The van der Waals surface area contributed by atoms with Crippen molar-refractivity contribution < 1.29 is 18.0 Å². The van der Waals surface area contributed by atoms with Crippen molar-refractivity contribution in [2.75, 3.05) is 6.54 Å². The minimum atomic E-state index is -4.42. The number of likely N-dealkylation sites (tertiary alicyclic amines) is 1. The molecule has 1 atom stereocenters. The van der Waals surface area contributed by atoms with Crippen molar-refractivity contribution in [1.82, 2.24) is 15.2 Å². The molecule has 0 aliphatic carbocycles. The molecule has 1 aliphatic heterocycles. The second kappa shape index (κ2) is 7.23. The van der Waals surface area contributed by atoms with Crippen LogP contribution in [0.4, 0.5) is 13.2 Å². The van der Waals surface area contributed by atoms with Crippen LogP contribution in [0.2, 0.25) is 0 Å². The molecule has 0 spiro atoms. The van der Waals surface area contributed by atoms with Crippen LogP contribution in [0.1, 0.15) is 23.1 Å². The van der Waals surface area contributed by atoms with E-state index in [4.69, 9.17) is 0 Å². The highest BCUT2D eigenvalue weighted by Gasteiger charge is 2.35. The Hall–Kier alpha value is -2.41. The van der Waals surface area contributed by atoms with Gasteiger partial charge in [-0.1, -0.05) is 24.3 Å². The molecule has 0 radical (unpaired) electrons. The number of hydrogen-bond acceptors (Lipinski definition) is 3. The third-order valence-electron chi connectivity index (χ3n) is 4.22. The van der Waals surface area contributed by atoms with Gasteiger partial charge < -0.3 is 10.2 Å². The lowest BCUT2D eigenvalue weighted by atomic mass is 10.1. The summed E-state index contributed by atoms with van der Waals surface area (Å²) < 4.78 is 39.2. The van der Waals surface area contributed by atoms with Gasteiger partial charge in [0, 0.05) is 44.5 Å². The Bertz CT molecular complexity index is 734. The van der Waals surface area contributed by atoms with Crippen LogP contribution >= 0.6 is 0 Å². The van der Waals surface area contributed by atoms with Crippen LogP contribution in [0.5, 0.6) is 0 Å². The highest BCUT2D eigenvalue weighted by atomic mass is 19.4. The normalized spacial score (nSPS) is 18.0. The third kappa shape index (κ3) is 4.36. The second-order valence-electron chi connectivity index (χ2n) is 6.07. The van der Waals surface area contributed by atoms with Crippen molar-refractivity contribution in [2.45, 2.75) is 31.7 Å². The lowest BCUT2D eigenvalue weighted by Gasteiger charge is -2.20. The van der Waals surface area contributed by atoms with Crippen molar-refractivity contribution in [2.24, 2.45) is 0 Å².